The summed E-state index contributed by atoms with van der Waals surface area (Å²) in [4.78, 5) is 19.6. The Morgan fingerprint density at radius 2 is 1.74 bits per heavy atom. The molecule has 1 aromatic heterocycles. The highest BCUT2D eigenvalue weighted by Gasteiger charge is 2.20. The van der Waals surface area contributed by atoms with Gasteiger partial charge in [-0.2, -0.15) is 0 Å². The molecule has 1 heterocycles. The lowest BCUT2D eigenvalue weighted by atomic mass is 9.94. The lowest BCUT2D eigenvalue weighted by Crippen LogP contribution is -2.16. The first-order valence-electron chi connectivity index (χ1n) is 8.64. The molecule has 5 heteroatoms. The predicted octanol–water partition coefficient (Wildman–Crippen LogP) is 4.09. The largest absolute Gasteiger partial charge is 0.320 e. The molecular weight excluding hydrogens is 341 g/mol. The zero-order valence-corrected chi connectivity index (χ0v) is 14.7. The Morgan fingerprint density at radius 3 is 2.52 bits per heavy atom. The lowest BCUT2D eigenvalue weighted by Gasteiger charge is -2.17. The first kappa shape index (κ1) is 17.1. The van der Waals surface area contributed by atoms with Crippen LogP contribution in [0.1, 0.15) is 22.7 Å². The molecule has 0 radical (unpaired) electrons. The van der Waals surface area contributed by atoms with Crippen LogP contribution in [0.2, 0.25) is 0 Å². The maximum Gasteiger partial charge on any atom is 0.259 e. The van der Waals surface area contributed by atoms with Gasteiger partial charge in [0.15, 0.2) is 0 Å². The van der Waals surface area contributed by atoms with E-state index in [1.807, 2.05) is 31.2 Å². The Bertz CT molecular complexity index is 1180. The summed E-state index contributed by atoms with van der Waals surface area (Å²) in [5.41, 5.74) is 9.39. The van der Waals surface area contributed by atoms with E-state index >= 15 is 0 Å². The van der Waals surface area contributed by atoms with Crippen LogP contribution in [0.3, 0.4) is 0 Å². The van der Waals surface area contributed by atoms with E-state index in [2.05, 4.69) is 9.97 Å². The fourth-order valence-electron chi connectivity index (χ4n) is 3.21. The number of hydrogen-bond donors (Lipinski definition) is 2. The zero-order chi connectivity index (χ0) is 19.0. The molecular formula is C22H18FN3O. The van der Waals surface area contributed by atoms with Gasteiger partial charge in [0.05, 0.1) is 22.5 Å². The van der Waals surface area contributed by atoms with Crippen LogP contribution in [0, 0.1) is 12.7 Å². The van der Waals surface area contributed by atoms with Gasteiger partial charge in [0.1, 0.15) is 11.6 Å². The highest BCUT2D eigenvalue weighted by molar-refractivity contribution is 5.79. The Hall–Kier alpha value is -3.31. The molecule has 0 aliphatic carbocycles. The minimum atomic E-state index is -0.548. The Morgan fingerprint density at radius 1 is 1.00 bits per heavy atom. The second-order valence-electron chi connectivity index (χ2n) is 6.52. The summed E-state index contributed by atoms with van der Waals surface area (Å²) in [7, 11) is 0. The standard InChI is InChI=1S/C22H18FN3O/c1-13-9-11-14(12-10-13)20(24)16-6-4-7-17(23)19(16)21-25-18-8-3-2-5-15(18)22(27)26-21/h2-12,20H,24H2,1H3,(H,25,26,27). The number of benzene rings is 3. The summed E-state index contributed by atoms with van der Waals surface area (Å²) in [5.74, 6) is -0.303. The van der Waals surface area contributed by atoms with Crippen LogP contribution in [-0.2, 0) is 0 Å². The highest BCUT2D eigenvalue weighted by atomic mass is 19.1. The average molecular weight is 359 g/mol. The molecule has 4 nitrogen and oxygen atoms in total. The minimum absolute atomic E-state index is 0.175. The molecule has 0 amide bonds. The van der Waals surface area contributed by atoms with E-state index in [0.29, 0.717) is 16.5 Å². The summed E-state index contributed by atoms with van der Waals surface area (Å²) in [6.07, 6.45) is 0. The van der Waals surface area contributed by atoms with Crippen molar-refractivity contribution in [2.75, 3.05) is 0 Å². The van der Waals surface area contributed by atoms with Crippen LogP contribution >= 0.6 is 0 Å². The third kappa shape index (κ3) is 3.13. The number of aromatic nitrogens is 2. The number of para-hydroxylation sites is 1. The molecule has 4 aromatic rings. The first-order valence-corrected chi connectivity index (χ1v) is 8.64. The van der Waals surface area contributed by atoms with Gasteiger partial charge in [0, 0.05) is 0 Å². The summed E-state index contributed by atoms with van der Waals surface area (Å²) < 4.78 is 14.8. The molecule has 27 heavy (non-hydrogen) atoms. The van der Waals surface area contributed by atoms with Crippen molar-refractivity contribution in [2.24, 2.45) is 5.73 Å². The second-order valence-corrected chi connectivity index (χ2v) is 6.52. The highest BCUT2D eigenvalue weighted by Crippen LogP contribution is 2.31. The van der Waals surface area contributed by atoms with Crippen LogP contribution in [0.5, 0.6) is 0 Å². The third-order valence-corrected chi connectivity index (χ3v) is 4.67. The predicted molar refractivity (Wildman–Crippen MR) is 105 cm³/mol. The Balaban J connectivity index is 1.91. The monoisotopic (exact) mass is 359 g/mol. The minimum Gasteiger partial charge on any atom is -0.320 e. The van der Waals surface area contributed by atoms with Gasteiger partial charge in [0.2, 0.25) is 0 Å². The molecule has 0 bridgehead atoms. The van der Waals surface area contributed by atoms with Crippen molar-refractivity contribution in [3.63, 3.8) is 0 Å². The van der Waals surface area contributed by atoms with E-state index in [1.165, 1.54) is 6.07 Å². The summed E-state index contributed by atoms with van der Waals surface area (Å²) >= 11 is 0. The molecule has 0 saturated heterocycles. The van der Waals surface area contributed by atoms with Gasteiger partial charge in [-0.15, -0.1) is 0 Å². The summed E-state index contributed by atoms with van der Waals surface area (Å²) in [5, 5.41) is 0.460. The van der Waals surface area contributed by atoms with Crippen molar-refractivity contribution in [1.29, 1.82) is 0 Å². The fourth-order valence-corrected chi connectivity index (χ4v) is 3.21. The fraction of sp³-hybridized carbons (Fsp3) is 0.0909. The third-order valence-electron chi connectivity index (χ3n) is 4.67. The topological polar surface area (TPSA) is 71.8 Å². The van der Waals surface area contributed by atoms with Crippen molar-refractivity contribution in [3.8, 4) is 11.4 Å². The van der Waals surface area contributed by atoms with Gasteiger partial charge < -0.3 is 10.7 Å². The van der Waals surface area contributed by atoms with Crippen molar-refractivity contribution >= 4 is 10.9 Å². The number of halogens is 1. The van der Waals surface area contributed by atoms with Crippen molar-refractivity contribution in [1.82, 2.24) is 9.97 Å². The number of rotatable bonds is 3. The normalized spacial score (nSPS) is 12.3. The second kappa shape index (κ2) is 6.78. The van der Waals surface area contributed by atoms with Crippen LogP contribution in [-0.4, -0.2) is 9.97 Å². The average Bonchev–Trinajstić information content (AvgIpc) is 2.68. The van der Waals surface area contributed by atoms with E-state index in [1.54, 1.807) is 36.4 Å². The molecule has 1 unspecified atom stereocenters. The number of nitrogens with two attached hydrogens (primary N) is 1. The zero-order valence-electron chi connectivity index (χ0n) is 14.7. The molecule has 0 aliphatic rings. The SMILES string of the molecule is Cc1ccc(C(N)c2cccc(F)c2-c2nc3ccccc3c(=O)[nH]2)cc1. The van der Waals surface area contributed by atoms with Crippen molar-refractivity contribution in [2.45, 2.75) is 13.0 Å². The number of aromatic amines is 1. The van der Waals surface area contributed by atoms with E-state index in [-0.39, 0.29) is 16.9 Å². The smallest absolute Gasteiger partial charge is 0.259 e. The number of aryl methyl sites for hydroxylation is 1. The Kier molecular flexibility index (Phi) is 4.30. The summed E-state index contributed by atoms with van der Waals surface area (Å²) in [6, 6.07) is 18.9. The maximum absolute atomic E-state index is 14.8. The molecule has 0 aliphatic heterocycles. The van der Waals surface area contributed by atoms with E-state index < -0.39 is 11.9 Å². The molecule has 0 fully saturated rings. The van der Waals surface area contributed by atoms with Crippen LogP contribution in [0.25, 0.3) is 22.3 Å². The van der Waals surface area contributed by atoms with Gasteiger partial charge in [-0.25, -0.2) is 9.37 Å². The van der Waals surface area contributed by atoms with Gasteiger partial charge in [0.25, 0.3) is 5.56 Å². The van der Waals surface area contributed by atoms with Crippen LogP contribution in [0.4, 0.5) is 4.39 Å². The molecule has 3 N–H and O–H groups in total. The van der Waals surface area contributed by atoms with Crippen LogP contribution in [0.15, 0.2) is 71.5 Å². The summed E-state index contributed by atoms with van der Waals surface area (Å²) in [6.45, 7) is 1.99. The molecule has 0 saturated carbocycles. The van der Waals surface area contributed by atoms with Gasteiger partial charge in [-0.1, -0.05) is 54.1 Å². The quantitative estimate of drug-likeness (QED) is 0.579. The molecule has 3 aromatic carbocycles. The van der Waals surface area contributed by atoms with E-state index in [0.717, 1.165) is 11.1 Å². The number of nitrogens with zero attached hydrogens (tertiary/aromatic N) is 1. The van der Waals surface area contributed by atoms with Gasteiger partial charge >= 0.3 is 0 Å². The van der Waals surface area contributed by atoms with Gasteiger partial charge in [-0.3, -0.25) is 4.79 Å². The molecule has 1 atom stereocenters. The number of H-pyrrole nitrogens is 1. The van der Waals surface area contributed by atoms with Gasteiger partial charge in [-0.05, 0) is 36.2 Å². The molecule has 4 rings (SSSR count). The number of nitrogens with one attached hydrogen (secondary N) is 1. The van der Waals surface area contributed by atoms with E-state index in [4.69, 9.17) is 5.73 Å². The Labute approximate surface area is 155 Å². The lowest BCUT2D eigenvalue weighted by molar-refractivity contribution is 0.626. The molecule has 0 spiro atoms. The number of fused-ring (bicyclic) bond motifs is 1. The van der Waals surface area contributed by atoms with Crippen molar-refractivity contribution < 1.29 is 4.39 Å². The van der Waals surface area contributed by atoms with Crippen LogP contribution < -0.4 is 11.3 Å². The number of hydrogen-bond acceptors (Lipinski definition) is 3. The van der Waals surface area contributed by atoms with Crippen molar-refractivity contribution in [3.05, 3.63) is 99.6 Å². The first-order chi connectivity index (χ1) is 13.0. The maximum atomic E-state index is 14.8. The molecule has 134 valence electrons. The van der Waals surface area contributed by atoms with E-state index in [9.17, 15) is 9.18 Å².